The van der Waals surface area contributed by atoms with Crippen molar-refractivity contribution < 1.29 is 9.53 Å². The van der Waals surface area contributed by atoms with E-state index in [0.29, 0.717) is 0 Å². The minimum Gasteiger partial charge on any atom is -0.444 e. The Morgan fingerprint density at radius 1 is 0.909 bits per heavy atom. The molecule has 0 atom stereocenters. The van der Waals surface area contributed by atoms with Gasteiger partial charge in [-0.1, -0.05) is 45.0 Å². The fraction of sp³-hybridized carbons (Fsp3) is 0.421. The van der Waals surface area contributed by atoms with E-state index in [0.717, 1.165) is 11.1 Å². The van der Waals surface area contributed by atoms with E-state index in [2.05, 4.69) is 44.3 Å². The van der Waals surface area contributed by atoms with Gasteiger partial charge in [0, 0.05) is 5.69 Å². The lowest BCUT2D eigenvalue weighted by molar-refractivity contribution is 0.0636. The predicted molar refractivity (Wildman–Crippen MR) is 92.5 cm³/mol. The molecule has 0 aliphatic carbocycles. The Bertz CT molecular complexity index is 691. The SMILES string of the molecule is CC(C)(C)OC(=O)Nc1ccc2cc(C(C)(C)C)ccc2c1. The highest BCUT2D eigenvalue weighted by atomic mass is 16.6. The Hall–Kier alpha value is -2.03. The maximum atomic E-state index is 11.8. The Morgan fingerprint density at radius 2 is 1.50 bits per heavy atom. The summed E-state index contributed by atoms with van der Waals surface area (Å²) in [5, 5.41) is 5.04. The molecule has 0 saturated carbocycles. The third-order valence-corrected chi connectivity index (χ3v) is 3.35. The van der Waals surface area contributed by atoms with Crippen LogP contribution in [0.25, 0.3) is 10.8 Å². The van der Waals surface area contributed by atoms with Crippen molar-refractivity contribution in [2.75, 3.05) is 5.32 Å². The zero-order valence-corrected chi connectivity index (χ0v) is 14.3. The number of benzene rings is 2. The minimum absolute atomic E-state index is 0.127. The largest absolute Gasteiger partial charge is 0.444 e. The van der Waals surface area contributed by atoms with Crippen molar-refractivity contribution in [1.82, 2.24) is 0 Å². The quantitative estimate of drug-likeness (QED) is 0.756. The number of carbonyl (C=O) groups excluding carboxylic acids is 1. The fourth-order valence-electron chi connectivity index (χ4n) is 2.21. The minimum atomic E-state index is -0.497. The molecule has 0 aliphatic rings. The number of hydrogen-bond acceptors (Lipinski definition) is 2. The van der Waals surface area contributed by atoms with Crippen LogP contribution < -0.4 is 5.32 Å². The van der Waals surface area contributed by atoms with Gasteiger partial charge in [-0.3, -0.25) is 5.32 Å². The highest BCUT2D eigenvalue weighted by Gasteiger charge is 2.17. The molecule has 0 unspecified atom stereocenters. The van der Waals surface area contributed by atoms with Crippen molar-refractivity contribution in [2.45, 2.75) is 52.6 Å². The van der Waals surface area contributed by atoms with Gasteiger partial charge in [0.1, 0.15) is 5.60 Å². The van der Waals surface area contributed by atoms with Crippen LogP contribution in [0.3, 0.4) is 0 Å². The van der Waals surface area contributed by atoms with Crippen LogP contribution in [0.15, 0.2) is 36.4 Å². The summed E-state index contributed by atoms with van der Waals surface area (Å²) in [6.45, 7) is 12.1. The lowest BCUT2D eigenvalue weighted by Crippen LogP contribution is -2.27. The third-order valence-electron chi connectivity index (χ3n) is 3.35. The van der Waals surface area contributed by atoms with Crippen LogP contribution in [0.2, 0.25) is 0 Å². The third kappa shape index (κ3) is 4.23. The van der Waals surface area contributed by atoms with Gasteiger partial charge in [0.2, 0.25) is 0 Å². The topological polar surface area (TPSA) is 38.3 Å². The molecule has 1 N–H and O–H groups in total. The molecule has 0 aliphatic heterocycles. The van der Waals surface area contributed by atoms with Gasteiger partial charge >= 0.3 is 6.09 Å². The fourth-order valence-corrected chi connectivity index (χ4v) is 2.21. The molecule has 0 radical (unpaired) electrons. The molecular formula is C19H25NO2. The van der Waals surface area contributed by atoms with E-state index >= 15 is 0 Å². The van der Waals surface area contributed by atoms with Crippen molar-refractivity contribution in [3.8, 4) is 0 Å². The summed E-state index contributed by atoms with van der Waals surface area (Å²) in [5.74, 6) is 0. The summed E-state index contributed by atoms with van der Waals surface area (Å²) < 4.78 is 5.27. The molecule has 2 aromatic rings. The van der Waals surface area contributed by atoms with E-state index in [4.69, 9.17) is 4.74 Å². The number of ether oxygens (including phenoxy) is 1. The first-order valence-corrected chi connectivity index (χ1v) is 7.59. The Morgan fingerprint density at radius 3 is 2.09 bits per heavy atom. The standard InChI is InChI=1S/C19H25NO2/c1-18(2,3)15-9-7-14-12-16(10-8-13(14)11-15)20-17(21)22-19(4,5)6/h7-12H,1-6H3,(H,20,21). The highest BCUT2D eigenvalue weighted by molar-refractivity contribution is 5.91. The Balaban J connectivity index is 2.23. The molecule has 1 amide bonds. The van der Waals surface area contributed by atoms with Crippen LogP contribution in [0, 0.1) is 0 Å². The maximum Gasteiger partial charge on any atom is 0.412 e. The van der Waals surface area contributed by atoms with E-state index in [1.807, 2.05) is 39.0 Å². The van der Waals surface area contributed by atoms with Gasteiger partial charge in [-0.15, -0.1) is 0 Å². The summed E-state index contributed by atoms with van der Waals surface area (Å²) in [6.07, 6.45) is -0.432. The second-order valence-electron chi connectivity index (χ2n) is 7.65. The van der Waals surface area contributed by atoms with Crippen molar-refractivity contribution in [1.29, 1.82) is 0 Å². The van der Waals surface area contributed by atoms with Crippen LogP contribution in [-0.4, -0.2) is 11.7 Å². The predicted octanol–water partition coefficient (Wildman–Crippen LogP) is 5.48. The van der Waals surface area contributed by atoms with Crippen LogP contribution in [0.5, 0.6) is 0 Å². The van der Waals surface area contributed by atoms with Crippen molar-refractivity contribution in [3.05, 3.63) is 42.0 Å². The van der Waals surface area contributed by atoms with Gasteiger partial charge in [0.25, 0.3) is 0 Å². The first-order chi connectivity index (χ1) is 10.0. The zero-order chi connectivity index (χ0) is 16.5. The van der Waals surface area contributed by atoms with E-state index in [1.165, 1.54) is 10.9 Å². The number of amides is 1. The molecule has 3 nitrogen and oxygen atoms in total. The summed E-state index contributed by atoms with van der Waals surface area (Å²) in [4.78, 5) is 11.8. The van der Waals surface area contributed by atoms with Crippen LogP contribution in [0.4, 0.5) is 10.5 Å². The second-order valence-corrected chi connectivity index (χ2v) is 7.65. The molecule has 0 fully saturated rings. The lowest BCUT2D eigenvalue weighted by atomic mass is 9.86. The van der Waals surface area contributed by atoms with Gasteiger partial charge < -0.3 is 4.74 Å². The number of nitrogens with one attached hydrogen (secondary N) is 1. The van der Waals surface area contributed by atoms with Gasteiger partial charge in [-0.05, 0) is 54.7 Å². The highest BCUT2D eigenvalue weighted by Crippen LogP contribution is 2.27. The van der Waals surface area contributed by atoms with Gasteiger partial charge in [0.05, 0.1) is 0 Å². The molecule has 0 aromatic heterocycles. The zero-order valence-electron chi connectivity index (χ0n) is 14.3. The molecule has 0 saturated heterocycles. The Labute approximate surface area is 132 Å². The first kappa shape index (κ1) is 16.3. The first-order valence-electron chi connectivity index (χ1n) is 7.59. The van der Waals surface area contributed by atoms with E-state index in [1.54, 1.807) is 0 Å². The molecule has 118 valence electrons. The molecule has 3 heteroatoms. The molecular weight excluding hydrogens is 274 g/mol. The average molecular weight is 299 g/mol. The van der Waals surface area contributed by atoms with E-state index in [9.17, 15) is 4.79 Å². The summed E-state index contributed by atoms with van der Waals surface area (Å²) >= 11 is 0. The van der Waals surface area contributed by atoms with E-state index in [-0.39, 0.29) is 5.41 Å². The number of fused-ring (bicyclic) bond motifs is 1. The van der Waals surface area contributed by atoms with E-state index < -0.39 is 11.7 Å². The molecule has 0 bridgehead atoms. The molecule has 2 aromatic carbocycles. The summed E-state index contributed by atoms with van der Waals surface area (Å²) in [6, 6.07) is 12.3. The maximum absolute atomic E-state index is 11.8. The van der Waals surface area contributed by atoms with Gasteiger partial charge in [-0.2, -0.15) is 0 Å². The number of carbonyl (C=O) groups is 1. The van der Waals surface area contributed by atoms with Crippen LogP contribution >= 0.6 is 0 Å². The number of anilines is 1. The lowest BCUT2D eigenvalue weighted by Gasteiger charge is -2.20. The van der Waals surface area contributed by atoms with Gasteiger partial charge in [-0.25, -0.2) is 4.79 Å². The second kappa shape index (κ2) is 5.64. The summed E-state index contributed by atoms with van der Waals surface area (Å²) in [5.41, 5.74) is 1.67. The molecule has 0 heterocycles. The van der Waals surface area contributed by atoms with Crippen LogP contribution in [0.1, 0.15) is 47.1 Å². The average Bonchev–Trinajstić information content (AvgIpc) is 2.34. The molecule has 22 heavy (non-hydrogen) atoms. The number of rotatable bonds is 1. The Kier molecular flexibility index (Phi) is 4.19. The summed E-state index contributed by atoms with van der Waals surface area (Å²) in [7, 11) is 0. The number of hydrogen-bond donors (Lipinski definition) is 1. The van der Waals surface area contributed by atoms with Gasteiger partial charge in [0.15, 0.2) is 0 Å². The van der Waals surface area contributed by atoms with Crippen molar-refractivity contribution >= 4 is 22.6 Å². The van der Waals surface area contributed by atoms with Crippen molar-refractivity contribution in [3.63, 3.8) is 0 Å². The monoisotopic (exact) mass is 299 g/mol. The molecule has 0 spiro atoms. The van der Waals surface area contributed by atoms with Crippen molar-refractivity contribution in [2.24, 2.45) is 0 Å². The normalized spacial score (nSPS) is 12.3. The molecule has 2 rings (SSSR count). The van der Waals surface area contributed by atoms with Crippen LogP contribution in [-0.2, 0) is 10.2 Å². The smallest absolute Gasteiger partial charge is 0.412 e.